The van der Waals surface area contributed by atoms with Gasteiger partial charge >= 0.3 is 0 Å². The summed E-state index contributed by atoms with van der Waals surface area (Å²) in [6.45, 7) is 10.4. The fourth-order valence-electron chi connectivity index (χ4n) is 2.62. The molecule has 1 aliphatic rings. The van der Waals surface area contributed by atoms with Gasteiger partial charge in [-0.15, -0.1) is 11.3 Å². The molecule has 2 atom stereocenters. The highest BCUT2D eigenvalue weighted by molar-refractivity contribution is 7.12. The quantitative estimate of drug-likeness (QED) is 0.929. The number of carbonyl (C=O) groups is 2. The molecule has 2 heterocycles. The molecule has 1 saturated heterocycles. The van der Waals surface area contributed by atoms with E-state index in [1.54, 1.807) is 23.2 Å². The van der Waals surface area contributed by atoms with Gasteiger partial charge in [0.1, 0.15) is 12.1 Å². The van der Waals surface area contributed by atoms with E-state index in [9.17, 15) is 9.59 Å². The first-order chi connectivity index (χ1) is 9.31. The Morgan fingerprint density at radius 2 is 2.00 bits per heavy atom. The molecule has 2 amide bonds. The summed E-state index contributed by atoms with van der Waals surface area (Å²) in [6.07, 6.45) is 0. The Kier molecular flexibility index (Phi) is 4.18. The zero-order valence-corrected chi connectivity index (χ0v) is 13.5. The fourth-order valence-corrected chi connectivity index (χ4v) is 3.67. The molecule has 1 N–H and O–H groups in total. The number of carbonyl (C=O) groups excluding carboxylic acids is 2. The summed E-state index contributed by atoms with van der Waals surface area (Å²) in [5.74, 6) is 0.0673. The average molecular weight is 294 g/mol. The van der Waals surface area contributed by atoms with Gasteiger partial charge in [-0.1, -0.05) is 13.8 Å². The molecular weight excluding hydrogens is 272 g/mol. The number of hydrogen-bond acceptors (Lipinski definition) is 3. The lowest BCUT2D eigenvalue weighted by Gasteiger charge is -2.39. The maximum absolute atomic E-state index is 12.4. The van der Waals surface area contributed by atoms with Crippen molar-refractivity contribution in [3.63, 3.8) is 0 Å². The van der Waals surface area contributed by atoms with Crippen LogP contribution >= 0.6 is 11.3 Å². The molecule has 1 fully saturated rings. The van der Waals surface area contributed by atoms with E-state index in [1.165, 1.54) is 10.4 Å². The number of hydrogen-bond donors (Lipinski definition) is 1. The van der Waals surface area contributed by atoms with E-state index in [-0.39, 0.29) is 23.8 Å². The van der Waals surface area contributed by atoms with Gasteiger partial charge < -0.3 is 10.2 Å². The first-order valence-electron chi connectivity index (χ1n) is 6.98. The highest BCUT2D eigenvalue weighted by Gasteiger charge is 2.40. The zero-order valence-electron chi connectivity index (χ0n) is 12.7. The van der Waals surface area contributed by atoms with E-state index in [2.05, 4.69) is 25.2 Å². The smallest absolute Gasteiger partial charge is 0.245 e. The molecule has 110 valence electrons. The van der Waals surface area contributed by atoms with Crippen LogP contribution in [-0.4, -0.2) is 28.8 Å². The molecule has 0 bridgehead atoms. The van der Waals surface area contributed by atoms with Gasteiger partial charge in [0.15, 0.2) is 0 Å². The van der Waals surface area contributed by atoms with Crippen LogP contribution in [0.3, 0.4) is 0 Å². The van der Waals surface area contributed by atoms with E-state index in [0.29, 0.717) is 6.54 Å². The summed E-state index contributed by atoms with van der Waals surface area (Å²) in [7, 11) is 0. The molecule has 20 heavy (non-hydrogen) atoms. The van der Waals surface area contributed by atoms with Crippen LogP contribution in [0.4, 0.5) is 0 Å². The van der Waals surface area contributed by atoms with Crippen LogP contribution < -0.4 is 5.32 Å². The van der Waals surface area contributed by atoms with E-state index < -0.39 is 6.04 Å². The molecule has 0 radical (unpaired) electrons. The second kappa shape index (κ2) is 5.56. The van der Waals surface area contributed by atoms with Gasteiger partial charge in [-0.05, 0) is 38.3 Å². The second-order valence-electron chi connectivity index (χ2n) is 5.84. The number of piperazine rings is 1. The van der Waals surface area contributed by atoms with Crippen molar-refractivity contribution in [2.24, 2.45) is 5.92 Å². The van der Waals surface area contributed by atoms with Crippen LogP contribution in [0.15, 0.2) is 6.07 Å². The van der Waals surface area contributed by atoms with Crippen molar-refractivity contribution in [1.29, 1.82) is 0 Å². The molecule has 1 aliphatic heterocycles. The number of nitrogens with zero attached hydrogens (tertiary/aromatic N) is 1. The standard InChI is InChI=1S/C15H22N2O2S/c1-8(2)13-14(18)16-10(4)15(19)17(13)7-12-6-9(3)11(5)20-12/h6,8,10,13H,7H2,1-5H3,(H,16,18). The van der Waals surface area contributed by atoms with Gasteiger partial charge in [-0.25, -0.2) is 0 Å². The SMILES string of the molecule is Cc1cc(CN2C(=O)C(C)NC(=O)C2C(C)C)sc1C. The molecule has 1 aromatic heterocycles. The highest BCUT2D eigenvalue weighted by Crippen LogP contribution is 2.26. The molecule has 1 aromatic rings. The van der Waals surface area contributed by atoms with Gasteiger partial charge in [-0.3, -0.25) is 9.59 Å². The lowest BCUT2D eigenvalue weighted by molar-refractivity contribution is -0.151. The second-order valence-corrected chi connectivity index (χ2v) is 7.18. The molecule has 0 aromatic carbocycles. The Morgan fingerprint density at radius 1 is 1.35 bits per heavy atom. The van der Waals surface area contributed by atoms with Crippen molar-refractivity contribution < 1.29 is 9.59 Å². The van der Waals surface area contributed by atoms with Crippen molar-refractivity contribution >= 4 is 23.2 Å². The summed E-state index contributed by atoms with van der Waals surface area (Å²) < 4.78 is 0. The lowest BCUT2D eigenvalue weighted by Crippen LogP contribution is -2.63. The highest BCUT2D eigenvalue weighted by atomic mass is 32.1. The Balaban J connectivity index is 2.28. The Hall–Kier alpha value is -1.36. The molecule has 2 rings (SSSR count). The lowest BCUT2D eigenvalue weighted by atomic mass is 9.97. The summed E-state index contributed by atoms with van der Waals surface area (Å²) in [5.41, 5.74) is 1.24. The average Bonchev–Trinajstić information content (AvgIpc) is 2.64. The maximum Gasteiger partial charge on any atom is 0.245 e. The molecule has 4 nitrogen and oxygen atoms in total. The minimum absolute atomic E-state index is 0.00649. The van der Waals surface area contributed by atoms with Gasteiger partial charge in [0.05, 0.1) is 6.54 Å². The number of aryl methyl sites for hydroxylation is 2. The van der Waals surface area contributed by atoms with E-state index in [4.69, 9.17) is 0 Å². The van der Waals surface area contributed by atoms with Crippen LogP contribution in [0.2, 0.25) is 0 Å². The van der Waals surface area contributed by atoms with Gasteiger partial charge in [-0.2, -0.15) is 0 Å². The molecule has 2 unspecified atom stereocenters. The predicted molar refractivity (Wildman–Crippen MR) is 80.6 cm³/mol. The fraction of sp³-hybridized carbons (Fsp3) is 0.600. The number of rotatable bonds is 3. The van der Waals surface area contributed by atoms with Crippen molar-refractivity contribution in [3.05, 3.63) is 21.4 Å². The first kappa shape index (κ1) is 15.0. The summed E-state index contributed by atoms with van der Waals surface area (Å²) >= 11 is 1.70. The van der Waals surface area contributed by atoms with Crippen molar-refractivity contribution in [2.75, 3.05) is 0 Å². The van der Waals surface area contributed by atoms with Gasteiger partial charge in [0.2, 0.25) is 11.8 Å². The van der Waals surface area contributed by atoms with Crippen LogP contribution in [0.25, 0.3) is 0 Å². The summed E-state index contributed by atoms with van der Waals surface area (Å²) in [4.78, 5) is 28.7. The third kappa shape index (κ3) is 2.73. The molecule has 5 heteroatoms. The first-order valence-corrected chi connectivity index (χ1v) is 7.79. The van der Waals surface area contributed by atoms with Gasteiger partial charge in [0.25, 0.3) is 0 Å². The Morgan fingerprint density at radius 3 is 2.50 bits per heavy atom. The van der Waals surface area contributed by atoms with Crippen molar-refractivity contribution in [3.8, 4) is 0 Å². The van der Waals surface area contributed by atoms with E-state index in [0.717, 1.165) is 4.88 Å². The molecule has 0 saturated carbocycles. The number of amides is 2. The van der Waals surface area contributed by atoms with E-state index in [1.807, 2.05) is 13.8 Å². The third-order valence-electron chi connectivity index (χ3n) is 3.79. The predicted octanol–water partition coefficient (Wildman–Crippen LogP) is 2.24. The van der Waals surface area contributed by atoms with Crippen LogP contribution in [-0.2, 0) is 16.1 Å². The maximum atomic E-state index is 12.4. The monoisotopic (exact) mass is 294 g/mol. The topological polar surface area (TPSA) is 49.4 Å². The third-order valence-corrected chi connectivity index (χ3v) is 4.93. The Bertz CT molecular complexity index is 516. The largest absolute Gasteiger partial charge is 0.343 e. The summed E-state index contributed by atoms with van der Waals surface area (Å²) in [6, 6.07) is 1.31. The number of nitrogens with one attached hydrogen (secondary N) is 1. The minimum Gasteiger partial charge on any atom is -0.343 e. The van der Waals surface area contributed by atoms with E-state index >= 15 is 0 Å². The van der Waals surface area contributed by atoms with Crippen molar-refractivity contribution in [1.82, 2.24) is 10.2 Å². The normalized spacial score (nSPS) is 23.4. The van der Waals surface area contributed by atoms with Crippen LogP contribution in [0.1, 0.15) is 36.1 Å². The summed E-state index contributed by atoms with van der Waals surface area (Å²) in [5, 5.41) is 2.77. The molecular formula is C15H22N2O2S. The molecule has 0 aliphatic carbocycles. The van der Waals surface area contributed by atoms with Crippen molar-refractivity contribution in [2.45, 2.75) is 53.2 Å². The van der Waals surface area contributed by atoms with Gasteiger partial charge in [0, 0.05) is 9.75 Å². The van der Waals surface area contributed by atoms with Crippen LogP contribution in [0.5, 0.6) is 0 Å². The zero-order chi connectivity index (χ0) is 15.0. The minimum atomic E-state index is -0.431. The van der Waals surface area contributed by atoms with Crippen LogP contribution in [0, 0.1) is 19.8 Å². The number of thiophene rings is 1. The molecule has 0 spiro atoms. The Labute approximate surface area is 124 Å².